The number of nitrogens with zero attached hydrogens (tertiary/aromatic N) is 6. The predicted molar refractivity (Wildman–Crippen MR) is 173 cm³/mol. The Bertz CT molecular complexity index is 1910. The van der Waals surface area contributed by atoms with Gasteiger partial charge in [0.25, 0.3) is 0 Å². The molecule has 0 aliphatic rings. The first-order valence-electron chi connectivity index (χ1n) is 14.4. The van der Waals surface area contributed by atoms with Gasteiger partial charge in [-0.25, -0.2) is 4.39 Å². The molecule has 0 unspecified atom stereocenters. The standard InChI is InChI=1S/C12H9F3N2.C12H11FN2.C12H12N2O/c1-8-11(17-6-5-16-8)9-3-2-4-10(7-9)12(13,14)15;1-8-5-10(7-11(13)6-8)12-9(2)14-3-4-15-12;1-9-12(14-8-7-13-9)10-3-5-11(15-2)6-4-10/h2-7H,1H3;3-7H,1-2H3;3-8H,1-2H3. The van der Waals surface area contributed by atoms with Crippen molar-refractivity contribution in [3.05, 3.63) is 138 Å². The summed E-state index contributed by atoms with van der Waals surface area (Å²) in [6.45, 7) is 7.38. The van der Waals surface area contributed by atoms with E-state index >= 15 is 0 Å². The van der Waals surface area contributed by atoms with Crippen LogP contribution in [0, 0.1) is 33.5 Å². The van der Waals surface area contributed by atoms with Crippen molar-refractivity contribution in [1.82, 2.24) is 29.9 Å². The Morgan fingerprint density at radius 3 is 1.49 bits per heavy atom. The zero-order valence-electron chi connectivity index (χ0n) is 26.4. The van der Waals surface area contributed by atoms with Gasteiger partial charge in [-0.2, -0.15) is 13.2 Å². The van der Waals surface area contributed by atoms with Crippen LogP contribution in [0.15, 0.2) is 104 Å². The lowest BCUT2D eigenvalue weighted by Gasteiger charge is -2.09. The van der Waals surface area contributed by atoms with Gasteiger partial charge in [0.05, 0.1) is 46.8 Å². The molecule has 7 nitrogen and oxygen atoms in total. The first-order chi connectivity index (χ1) is 22.5. The summed E-state index contributed by atoms with van der Waals surface area (Å²) in [4.78, 5) is 24.9. The molecule has 0 saturated heterocycles. The Morgan fingerprint density at radius 2 is 1.02 bits per heavy atom. The number of benzene rings is 3. The average molecular weight is 641 g/mol. The Labute approximate surface area is 270 Å². The highest BCUT2D eigenvalue weighted by atomic mass is 19.4. The van der Waals surface area contributed by atoms with E-state index in [0.717, 1.165) is 57.3 Å². The minimum absolute atomic E-state index is 0.241. The van der Waals surface area contributed by atoms with Crippen LogP contribution in [0.5, 0.6) is 5.75 Å². The zero-order valence-corrected chi connectivity index (χ0v) is 26.4. The molecule has 47 heavy (non-hydrogen) atoms. The van der Waals surface area contributed by atoms with E-state index in [-0.39, 0.29) is 5.82 Å². The molecule has 3 aromatic heterocycles. The van der Waals surface area contributed by atoms with Crippen molar-refractivity contribution in [2.75, 3.05) is 7.11 Å². The van der Waals surface area contributed by atoms with Gasteiger partial charge in [-0.3, -0.25) is 29.9 Å². The molecule has 240 valence electrons. The second-order valence-corrected chi connectivity index (χ2v) is 10.3. The molecular weight excluding hydrogens is 608 g/mol. The molecule has 0 aliphatic carbocycles. The van der Waals surface area contributed by atoms with Crippen molar-refractivity contribution >= 4 is 0 Å². The lowest BCUT2D eigenvalue weighted by Crippen LogP contribution is -2.04. The van der Waals surface area contributed by atoms with E-state index in [2.05, 4.69) is 29.9 Å². The van der Waals surface area contributed by atoms with E-state index in [0.29, 0.717) is 17.0 Å². The number of methoxy groups -OCH3 is 1. The Hall–Kier alpha value is -5.58. The number of hydrogen-bond acceptors (Lipinski definition) is 7. The zero-order chi connectivity index (χ0) is 34.0. The van der Waals surface area contributed by atoms with Gasteiger partial charge in [-0.05, 0) is 87.9 Å². The van der Waals surface area contributed by atoms with Gasteiger partial charge in [-0.15, -0.1) is 0 Å². The van der Waals surface area contributed by atoms with Crippen LogP contribution in [0.2, 0.25) is 0 Å². The Balaban J connectivity index is 0.000000160. The number of aromatic nitrogens is 6. The maximum atomic E-state index is 13.2. The van der Waals surface area contributed by atoms with Crippen molar-refractivity contribution in [2.24, 2.45) is 0 Å². The smallest absolute Gasteiger partial charge is 0.416 e. The van der Waals surface area contributed by atoms with Crippen LogP contribution in [0.3, 0.4) is 0 Å². The van der Waals surface area contributed by atoms with E-state index < -0.39 is 11.7 Å². The van der Waals surface area contributed by atoms with Crippen LogP contribution in [0.4, 0.5) is 17.6 Å². The molecule has 0 fully saturated rings. The second-order valence-electron chi connectivity index (χ2n) is 10.3. The fraction of sp³-hybridized carbons (Fsp3) is 0.167. The summed E-state index contributed by atoms with van der Waals surface area (Å²) < 4.78 is 55.9. The van der Waals surface area contributed by atoms with Crippen molar-refractivity contribution in [3.8, 4) is 39.5 Å². The fourth-order valence-corrected chi connectivity index (χ4v) is 4.54. The summed E-state index contributed by atoms with van der Waals surface area (Å²) in [5.74, 6) is 0.607. The van der Waals surface area contributed by atoms with Crippen LogP contribution in [-0.2, 0) is 6.18 Å². The number of ether oxygens (including phenoxy) is 1. The second kappa shape index (κ2) is 15.6. The van der Waals surface area contributed by atoms with Gasteiger partial charge < -0.3 is 4.74 Å². The monoisotopic (exact) mass is 640 g/mol. The average Bonchev–Trinajstić information content (AvgIpc) is 3.05. The topological polar surface area (TPSA) is 86.6 Å². The molecule has 3 aromatic carbocycles. The van der Waals surface area contributed by atoms with Gasteiger partial charge >= 0.3 is 6.18 Å². The van der Waals surface area contributed by atoms with Crippen molar-refractivity contribution < 1.29 is 22.3 Å². The number of rotatable bonds is 4. The molecule has 0 N–H and O–H groups in total. The highest BCUT2D eigenvalue weighted by Gasteiger charge is 2.30. The normalized spacial score (nSPS) is 10.7. The molecule has 3 heterocycles. The highest BCUT2D eigenvalue weighted by molar-refractivity contribution is 5.63. The lowest BCUT2D eigenvalue weighted by atomic mass is 10.1. The minimum atomic E-state index is -4.34. The van der Waals surface area contributed by atoms with E-state index in [9.17, 15) is 17.6 Å². The third-order valence-corrected chi connectivity index (χ3v) is 6.79. The van der Waals surface area contributed by atoms with Gasteiger partial charge in [0.15, 0.2) is 0 Å². The minimum Gasteiger partial charge on any atom is -0.497 e. The van der Waals surface area contributed by atoms with E-state index in [4.69, 9.17) is 4.74 Å². The molecule has 0 bridgehead atoms. The van der Waals surface area contributed by atoms with E-state index in [1.807, 2.05) is 51.1 Å². The van der Waals surface area contributed by atoms with Crippen molar-refractivity contribution in [3.63, 3.8) is 0 Å². The number of hydrogen-bond donors (Lipinski definition) is 0. The van der Waals surface area contributed by atoms with Crippen molar-refractivity contribution in [1.29, 1.82) is 0 Å². The molecular formula is C36H32F4N6O. The summed E-state index contributed by atoms with van der Waals surface area (Å²) in [5, 5.41) is 0. The lowest BCUT2D eigenvalue weighted by molar-refractivity contribution is -0.137. The molecule has 0 radical (unpaired) electrons. The summed E-state index contributed by atoms with van der Waals surface area (Å²) in [5.41, 5.74) is 6.93. The summed E-state index contributed by atoms with van der Waals surface area (Å²) >= 11 is 0. The summed E-state index contributed by atoms with van der Waals surface area (Å²) in [7, 11) is 1.66. The van der Waals surface area contributed by atoms with Crippen LogP contribution in [0.25, 0.3) is 33.8 Å². The molecule has 0 saturated carbocycles. The third-order valence-electron chi connectivity index (χ3n) is 6.79. The van der Waals surface area contributed by atoms with Crippen LogP contribution < -0.4 is 4.74 Å². The summed E-state index contributed by atoms with van der Waals surface area (Å²) in [6, 6.07) is 17.8. The van der Waals surface area contributed by atoms with Gasteiger partial charge in [-0.1, -0.05) is 12.1 Å². The summed E-state index contributed by atoms with van der Waals surface area (Å²) in [6.07, 6.45) is 5.27. The van der Waals surface area contributed by atoms with Gasteiger partial charge in [0.2, 0.25) is 0 Å². The van der Waals surface area contributed by atoms with Crippen molar-refractivity contribution in [2.45, 2.75) is 33.9 Å². The SMILES string of the molecule is COc1ccc(-c2nccnc2C)cc1.Cc1cc(F)cc(-c2nccnc2C)c1.Cc1nccnc1-c1cccc(C(F)(F)F)c1. The first kappa shape index (κ1) is 34.3. The van der Waals surface area contributed by atoms with E-state index in [1.54, 1.807) is 44.9 Å². The number of alkyl halides is 3. The number of halogens is 4. The first-order valence-corrected chi connectivity index (χ1v) is 14.4. The van der Waals surface area contributed by atoms with E-state index in [1.165, 1.54) is 30.6 Å². The molecule has 11 heteroatoms. The van der Waals surface area contributed by atoms with Gasteiger partial charge in [0.1, 0.15) is 11.6 Å². The third kappa shape index (κ3) is 9.46. The van der Waals surface area contributed by atoms with Crippen LogP contribution in [0.1, 0.15) is 28.2 Å². The Kier molecular flexibility index (Phi) is 11.4. The Morgan fingerprint density at radius 1 is 0.532 bits per heavy atom. The molecule has 6 aromatic rings. The number of aryl methyl sites for hydroxylation is 4. The fourth-order valence-electron chi connectivity index (χ4n) is 4.54. The molecule has 0 amide bonds. The van der Waals surface area contributed by atoms with Crippen LogP contribution >= 0.6 is 0 Å². The maximum Gasteiger partial charge on any atom is 0.416 e. The van der Waals surface area contributed by atoms with Gasteiger partial charge in [0, 0.05) is 53.9 Å². The molecule has 0 spiro atoms. The largest absolute Gasteiger partial charge is 0.497 e. The molecule has 6 rings (SSSR count). The predicted octanol–water partition coefficient (Wildman–Crippen LogP) is 8.83. The van der Waals surface area contributed by atoms with Crippen LogP contribution in [-0.4, -0.2) is 37.0 Å². The highest BCUT2D eigenvalue weighted by Crippen LogP contribution is 2.32. The quantitative estimate of drug-likeness (QED) is 0.178. The molecule has 0 atom stereocenters. The maximum absolute atomic E-state index is 13.2. The molecule has 0 aliphatic heterocycles.